The summed E-state index contributed by atoms with van der Waals surface area (Å²) < 4.78 is 0. The van der Waals surface area contributed by atoms with Gasteiger partial charge in [0, 0.05) is 114 Å². The van der Waals surface area contributed by atoms with Crippen LogP contribution in [0.4, 0.5) is 4.79 Å². The van der Waals surface area contributed by atoms with Gasteiger partial charge in [0.2, 0.25) is 5.91 Å². The molecule has 12 N–H and O–H groups in total. The van der Waals surface area contributed by atoms with Gasteiger partial charge in [-0.2, -0.15) is 0 Å². The molecule has 0 saturated carbocycles. The van der Waals surface area contributed by atoms with Gasteiger partial charge in [0.25, 0.3) is 17.7 Å². The quantitative estimate of drug-likeness (QED) is 0.0237. The van der Waals surface area contributed by atoms with Gasteiger partial charge in [-0.05, 0) is 90.8 Å². The molecule has 1 fully saturated rings. The smallest absolute Gasteiger partial charge is 0.326 e. The molecule has 6 amide bonds. The number of carbonyl (C=O) groups is 12. The van der Waals surface area contributed by atoms with Gasteiger partial charge >= 0.3 is 41.8 Å². The zero-order valence-electron chi connectivity index (χ0n) is 49.0. The van der Waals surface area contributed by atoms with Crippen molar-refractivity contribution < 1.29 is 88.2 Å². The number of carboxylic acid groups (broad SMARTS) is 6. The average molecular weight is 1240 g/mol. The summed E-state index contributed by atoms with van der Waals surface area (Å²) in [5.41, 5.74) is 4.69. The number of nitrogens with zero attached hydrogens (tertiary/aromatic N) is 4. The number of carboxylic acids is 6. The number of ketones is 1. The number of hydrogen-bond acceptors (Lipinski definition) is 16. The lowest BCUT2D eigenvalue weighted by Crippen LogP contribution is -2.51. The van der Waals surface area contributed by atoms with Gasteiger partial charge in [-0.25, -0.2) is 14.4 Å². The lowest BCUT2D eigenvalue weighted by atomic mass is 10.0. The molecule has 0 aromatic heterocycles. The minimum atomic E-state index is -1.53. The molecular formula is C61H76N10O18. The average Bonchev–Trinajstić information content (AvgIpc) is 3.61. The molecular weight excluding hydrogens is 1160 g/mol. The Bertz CT molecular complexity index is 3060. The van der Waals surface area contributed by atoms with Crippen molar-refractivity contribution in [3.8, 4) is 0 Å². The highest BCUT2D eigenvalue weighted by Crippen LogP contribution is 2.14. The maximum atomic E-state index is 13.2. The van der Waals surface area contributed by atoms with Gasteiger partial charge in [0.15, 0.2) is 5.78 Å². The van der Waals surface area contributed by atoms with E-state index in [1.54, 1.807) is 112 Å². The van der Waals surface area contributed by atoms with Crippen molar-refractivity contribution >= 4 is 71.3 Å². The van der Waals surface area contributed by atoms with Crippen LogP contribution >= 0.6 is 0 Å². The number of nitrogens with one attached hydrogen (secondary N) is 6. The molecule has 5 rings (SSSR count). The van der Waals surface area contributed by atoms with E-state index in [0.29, 0.717) is 48.2 Å². The molecule has 1 aliphatic heterocycles. The molecule has 0 aliphatic carbocycles. The third-order valence-corrected chi connectivity index (χ3v) is 14.4. The van der Waals surface area contributed by atoms with Gasteiger partial charge in [-0.3, -0.25) is 62.8 Å². The Hall–Kier alpha value is -9.64. The monoisotopic (exact) mass is 1240 g/mol. The number of benzene rings is 4. The largest absolute Gasteiger partial charge is 0.481 e. The Labute approximate surface area is 512 Å². The summed E-state index contributed by atoms with van der Waals surface area (Å²) >= 11 is 0. The number of Topliss-reactive ketones (excluding diaryl/α,β-unsaturated/α-hetero) is 1. The molecule has 0 bridgehead atoms. The highest BCUT2D eigenvalue weighted by Gasteiger charge is 2.26. The molecule has 1 aliphatic rings. The Morgan fingerprint density at radius 2 is 0.719 bits per heavy atom. The number of amides is 6. The van der Waals surface area contributed by atoms with Gasteiger partial charge < -0.3 is 62.5 Å². The van der Waals surface area contributed by atoms with Crippen LogP contribution in [-0.2, 0) is 59.6 Å². The number of rotatable bonds is 33. The normalized spacial score (nSPS) is 14.2. The highest BCUT2D eigenvalue weighted by atomic mass is 16.4. The summed E-state index contributed by atoms with van der Waals surface area (Å²) in [6.45, 7) is 2.02. The molecule has 2 atom stereocenters. The summed E-state index contributed by atoms with van der Waals surface area (Å²) in [4.78, 5) is 153. The van der Waals surface area contributed by atoms with Crippen molar-refractivity contribution in [2.45, 2.75) is 76.7 Å². The molecule has 28 nitrogen and oxygen atoms in total. The standard InChI is InChI=1S/C61H76N10O18/c72-50(44-13-6-41(7-14-44)33-63-51(73)36-68-25-27-69(37-53(76)77)29-31-71(39-55(80)81)32-30-70(28-26-68)38-54(78)79)22-12-40-4-15-46(16-5-40)57(83)64-35-43-10-19-47(20-11-43)58(84)65-34-42-8-17-45(18-9-42)56(82)62-24-2-1-3-48(59(85)86)66-61(89)67-49(60(87)88)21-23-52(74)75/h4-11,13-20,48-49H,1-3,12,21-39H2,(H,62,82)(H,63,73)(H,64,83)(H,65,84)(H,74,75)(H,76,77)(H,78,79)(H,80,81)(H,85,86)(H,87,88)(H2,66,67,89). The molecule has 2 unspecified atom stereocenters. The number of urea groups is 1. The molecule has 0 spiro atoms. The SMILES string of the molecule is O=C(O)CCC(NC(=O)NC(CCCCNC(=O)c1ccc(CNC(=O)c2ccc(CNC(=O)c3ccc(CCC(=O)c4ccc(CNC(=O)CN5CCN(CC(=O)O)CCN(CC(=O)O)CCN(CC(=O)O)CC5)cc4)cc3)cc2)cc1)C(=O)O)C(=O)O. The van der Waals surface area contributed by atoms with Crippen LogP contribution in [0.15, 0.2) is 97.1 Å². The van der Waals surface area contributed by atoms with Crippen molar-refractivity contribution in [3.05, 3.63) is 142 Å². The van der Waals surface area contributed by atoms with Crippen LogP contribution in [0.2, 0.25) is 0 Å². The van der Waals surface area contributed by atoms with Gasteiger partial charge in [-0.1, -0.05) is 60.7 Å². The third kappa shape index (κ3) is 26.5. The van der Waals surface area contributed by atoms with Crippen LogP contribution in [0, 0.1) is 0 Å². The molecule has 28 heteroatoms. The zero-order valence-corrected chi connectivity index (χ0v) is 49.0. The maximum absolute atomic E-state index is 13.2. The number of aliphatic carboxylic acids is 6. The van der Waals surface area contributed by atoms with Crippen molar-refractivity contribution in [1.82, 2.24) is 51.5 Å². The van der Waals surface area contributed by atoms with Crippen molar-refractivity contribution in [2.75, 3.05) is 85.1 Å². The fourth-order valence-electron chi connectivity index (χ4n) is 9.31. The first-order chi connectivity index (χ1) is 42.5. The molecule has 4 aromatic carbocycles. The Morgan fingerprint density at radius 3 is 1.10 bits per heavy atom. The fourth-order valence-corrected chi connectivity index (χ4v) is 9.31. The van der Waals surface area contributed by atoms with E-state index in [0.717, 1.165) is 22.3 Å². The van der Waals surface area contributed by atoms with Crippen LogP contribution in [0.1, 0.15) is 102 Å². The maximum Gasteiger partial charge on any atom is 0.326 e. The number of unbranched alkanes of at least 4 members (excludes halogenated alkanes) is 1. The minimum Gasteiger partial charge on any atom is -0.481 e. The highest BCUT2D eigenvalue weighted by molar-refractivity contribution is 5.97. The number of hydrogen-bond donors (Lipinski definition) is 12. The third-order valence-electron chi connectivity index (χ3n) is 14.4. The second-order valence-electron chi connectivity index (χ2n) is 21.2. The van der Waals surface area contributed by atoms with E-state index < -0.39 is 66.8 Å². The fraction of sp³-hybridized carbons (Fsp3) is 0.410. The lowest BCUT2D eigenvalue weighted by Gasteiger charge is -2.32. The molecule has 0 radical (unpaired) electrons. The summed E-state index contributed by atoms with van der Waals surface area (Å²) in [5.74, 6) is -8.70. The Balaban J connectivity index is 0.975. The second kappa shape index (κ2) is 36.5. The van der Waals surface area contributed by atoms with Gasteiger partial charge in [0.1, 0.15) is 12.1 Å². The summed E-state index contributed by atoms with van der Waals surface area (Å²) in [5, 5.41) is 71.5. The molecule has 89 heavy (non-hydrogen) atoms. The summed E-state index contributed by atoms with van der Waals surface area (Å²) in [7, 11) is 0. The topological polar surface area (TPSA) is 411 Å². The van der Waals surface area contributed by atoms with E-state index >= 15 is 0 Å². The first-order valence-electron chi connectivity index (χ1n) is 28.8. The van der Waals surface area contributed by atoms with E-state index in [9.17, 15) is 83.1 Å². The van der Waals surface area contributed by atoms with Crippen LogP contribution < -0.4 is 31.9 Å². The van der Waals surface area contributed by atoms with E-state index in [2.05, 4.69) is 31.9 Å². The van der Waals surface area contributed by atoms with E-state index in [1.165, 1.54) is 0 Å². The molecule has 4 aromatic rings. The van der Waals surface area contributed by atoms with Gasteiger partial charge in [0.05, 0.1) is 26.2 Å². The molecule has 1 heterocycles. The van der Waals surface area contributed by atoms with Crippen LogP contribution in [0.5, 0.6) is 0 Å². The Morgan fingerprint density at radius 1 is 0.371 bits per heavy atom. The van der Waals surface area contributed by atoms with Gasteiger partial charge in [-0.15, -0.1) is 0 Å². The van der Waals surface area contributed by atoms with E-state index in [4.69, 9.17) is 5.11 Å². The summed E-state index contributed by atoms with van der Waals surface area (Å²) in [6.07, 6.45) is 0.317. The van der Waals surface area contributed by atoms with Crippen molar-refractivity contribution in [2.24, 2.45) is 0 Å². The van der Waals surface area contributed by atoms with Crippen molar-refractivity contribution in [1.29, 1.82) is 0 Å². The molecule has 1 saturated heterocycles. The van der Waals surface area contributed by atoms with Crippen LogP contribution in [0.25, 0.3) is 0 Å². The van der Waals surface area contributed by atoms with E-state index in [1.807, 2.05) is 4.90 Å². The predicted molar refractivity (Wildman–Crippen MR) is 319 cm³/mol. The predicted octanol–water partition coefficient (Wildman–Crippen LogP) is 1.42. The Kier molecular flexibility index (Phi) is 28.8. The minimum absolute atomic E-state index is 0.0298. The van der Waals surface area contributed by atoms with Crippen molar-refractivity contribution in [3.63, 3.8) is 0 Å². The number of aryl methyl sites for hydroxylation is 1. The summed E-state index contributed by atoms with van der Waals surface area (Å²) in [6, 6.07) is 23.0. The first kappa shape index (κ1) is 70.1. The van der Waals surface area contributed by atoms with E-state index in [-0.39, 0.29) is 140 Å². The first-order valence-corrected chi connectivity index (χ1v) is 28.8. The van der Waals surface area contributed by atoms with Crippen LogP contribution in [0.3, 0.4) is 0 Å². The zero-order chi connectivity index (χ0) is 64.8. The van der Waals surface area contributed by atoms with Crippen LogP contribution in [-0.4, -0.2) is 219 Å². The molecule has 478 valence electrons. The lowest BCUT2D eigenvalue weighted by molar-refractivity contribution is -0.141. The second-order valence-corrected chi connectivity index (χ2v) is 21.2. The number of carbonyl (C=O) groups excluding carboxylic acids is 6.